The number of methoxy groups -OCH3 is 1. The van der Waals surface area contributed by atoms with Crippen molar-refractivity contribution in [3.8, 4) is 6.07 Å². The molecule has 2 heterocycles. The molecule has 20 heavy (non-hydrogen) atoms. The Hall–Kier alpha value is -2.24. The predicted molar refractivity (Wildman–Crippen MR) is 69.3 cm³/mol. The van der Waals surface area contributed by atoms with Crippen LogP contribution in [0, 0.1) is 21.4 Å². The van der Waals surface area contributed by atoms with E-state index in [4.69, 9.17) is 14.7 Å². The summed E-state index contributed by atoms with van der Waals surface area (Å²) in [6.07, 6.45) is 2.06. The third kappa shape index (κ3) is 2.68. The summed E-state index contributed by atoms with van der Waals surface area (Å²) in [5, 5.41) is 22.9. The Morgan fingerprint density at radius 2 is 2.55 bits per heavy atom. The zero-order valence-corrected chi connectivity index (χ0v) is 11.0. The number of nitro groups is 1. The van der Waals surface area contributed by atoms with E-state index < -0.39 is 10.5 Å². The van der Waals surface area contributed by atoms with Gasteiger partial charge in [0.1, 0.15) is 17.2 Å². The van der Waals surface area contributed by atoms with Gasteiger partial charge in [0.2, 0.25) is 5.82 Å². The summed E-state index contributed by atoms with van der Waals surface area (Å²) in [5.41, 5.74) is -0.861. The van der Waals surface area contributed by atoms with Crippen LogP contribution >= 0.6 is 0 Å². The van der Waals surface area contributed by atoms with E-state index in [9.17, 15) is 10.1 Å². The summed E-state index contributed by atoms with van der Waals surface area (Å²) in [6, 6.07) is 3.10. The molecule has 0 bridgehead atoms. The molecule has 1 aromatic heterocycles. The molecular weight excluding hydrogens is 264 g/mol. The molecule has 1 aliphatic heterocycles. The molecule has 0 aromatic carbocycles. The van der Waals surface area contributed by atoms with E-state index in [1.807, 2.05) is 0 Å². The van der Waals surface area contributed by atoms with E-state index in [2.05, 4.69) is 10.3 Å². The van der Waals surface area contributed by atoms with Gasteiger partial charge in [-0.25, -0.2) is 4.98 Å². The van der Waals surface area contributed by atoms with Gasteiger partial charge < -0.3 is 14.8 Å². The predicted octanol–water partition coefficient (Wildman–Crippen LogP) is 1.08. The fraction of sp³-hybridized carbons (Fsp3) is 0.500. The topological polar surface area (TPSA) is 110 Å². The van der Waals surface area contributed by atoms with E-state index in [1.165, 1.54) is 12.3 Å². The second-order valence-electron chi connectivity index (χ2n) is 4.47. The molecule has 0 radical (unpaired) electrons. The van der Waals surface area contributed by atoms with Gasteiger partial charge in [-0.2, -0.15) is 5.26 Å². The van der Waals surface area contributed by atoms with Crippen LogP contribution in [0.1, 0.15) is 12.0 Å². The smallest absolute Gasteiger partial charge is 0.328 e. The molecular formula is C12H14N4O4. The zero-order chi connectivity index (χ0) is 14.6. The lowest BCUT2D eigenvalue weighted by atomic mass is 10.0. The monoisotopic (exact) mass is 278 g/mol. The number of hydrogen-bond donors (Lipinski definition) is 1. The highest BCUT2D eigenvalue weighted by atomic mass is 16.6. The third-order valence-corrected chi connectivity index (χ3v) is 3.31. The molecule has 0 amide bonds. The Morgan fingerprint density at radius 3 is 3.10 bits per heavy atom. The normalized spacial score (nSPS) is 21.4. The van der Waals surface area contributed by atoms with Gasteiger partial charge in [0, 0.05) is 32.9 Å². The highest BCUT2D eigenvalue weighted by molar-refractivity contribution is 5.64. The first-order valence-corrected chi connectivity index (χ1v) is 6.02. The van der Waals surface area contributed by atoms with Gasteiger partial charge in [-0.1, -0.05) is 0 Å². The van der Waals surface area contributed by atoms with Gasteiger partial charge >= 0.3 is 5.69 Å². The van der Waals surface area contributed by atoms with Crippen LogP contribution in [-0.2, 0) is 9.47 Å². The number of hydrogen-bond acceptors (Lipinski definition) is 7. The Labute approximate surface area is 115 Å². The van der Waals surface area contributed by atoms with E-state index in [1.54, 1.807) is 13.2 Å². The standard InChI is InChI=1S/C12H14N4O4/c1-19-12(3-5-20-8-12)7-15-11-10(16(17)18)9(6-13)2-4-14-11/h2,4H,3,5,7-8H2,1H3,(H,14,15). The van der Waals surface area contributed by atoms with Gasteiger partial charge in [0.05, 0.1) is 11.5 Å². The molecule has 0 spiro atoms. The molecule has 0 aliphatic carbocycles. The van der Waals surface area contributed by atoms with Crippen molar-refractivity contribution in [2.24, 2.45) is 0 Å². The summed E-state index contributed by atoms with van der Waals surface area (Å²) in [7, 11) is 1.57. The third-order valence-electron chi connectivity index (χ3n) is 3.31. The number of anilines is 1. The largest absolute Gasteiger partial charge is 0.378 e. The van der Waals surface area contributed by atoms with Gasteiger partial charge in [-0.15, -0.1) is 0 Å². The Balaban J connectivity index is 2.21. The molecule has 1 unspecified atom stereocenters. The van der Waals surface area contributed by atoms with Crippen molar-refractivity contribution in [3.05, 3.63) is 27.9 Å². The number of ether oxygens (including phenoxy) is 2. The molecule has 106 valence electrons. The maximum absolute atomic E-state index is 11.1. The fourth-order valence-corrected chi connectivity index (χ4v) is 2.06. The van der Waals surface area contributed by atoms with Crippen LogP contribution in [0.25, 0.3) is 0 Å². The van der Waals surface area contributed by atoms with Crippen LogP contribution in [0.15, 0.2) is 12.3 Å². The number of nitrogens with one attached hydrogen (secondary N) is 1. The highest BCUT2D eigenvalue weighted by Gasteiger charge is 2.35. The van der Waals surface area contributed by atoms with Gasteiger partial charge in [0.15, 0.2) is 0 Å². The second-order valence-corrected chi connectivity index (χ2v) is 4.47. The average molecular weight is 278 g/mol. The number of pyridine rings is 1. The van der Waals surface area contributed by atoms with E-state index in [-0.39, 0.29) is 17.1 Å². The minimum atomic E-state index is -0.613. The van der Waals surface area contributed by atoms with Crippen molar-refractivity contribution in [1.82, 2.24) is 4.98 Å². The molecule has 8 heteroatoms. The Morgan fingerprint density at radius 1 is 1.75 bits per heavy atom. The lowest BCUT2D eigenvalue weighted by Gasteiger charge is -2.26. The van der Waals surface area contributed by atoms with Gasteiger partial charge in [-0.05, 0) is 6.07 Å². The first-order chi connectivity index (χ1) is 9.62. The molecule has 1 atom stereocenters. The summed E-state index contributed by atoms with van der Waals surface area (Å²) < 4.78 is 10.7. The maximum Gasteiger partial charge on any atom is 0.328 e. The highest BCUT2D eigenvalue weighted by Crippen LogP contribution is 2.28. The molecule has 0 saturated carbocycles. The van der Waals surface area contributed by atoms with Crippen LogP contribution in [-0.4, -0.2) is 42.4 Å². The van der Waals surface area contributed by atoms with Crippen molar-refractivity contribution < 1.29 is 14.4 Å². The average Bonchev–Trinajstić information content (AvgIpc) is 2.93. The Bertz CT molecular complexity index is 549. The summed E-state index contributed by atoms with van der Waals surface area (Å²) in [6.45, 7) is 1.33. The second kappa shape index (κ2) is 5.81. The maximum atomic E-state index is 11.1. The minimum absolute atomic E-state index is 0.0263. The lowest BCUT2D eigenvalue weighted by molar-refractivity contribution is -0.384. The van der Waals surface area contributed by atoms with Crippen LogP contribution in [0.5, 0.6) is 0 Å². The SMILES string of the molecule is COC1(CNc2nccc(C#N)c2[N+](=O)[O-])CCOC1. The summed E-state index contributed by atoms with van der Waals surface area (Å²) in [4.78, 5) is 14.4. The molecule has 1 saturated heterocycles. The fourth-order valence-electron chi connectivity index (χ4n) is 2.06. The van der Waals surface area contributed by atoms with Crippen LogP contribution in [0.2, 0.25) is 0 Å². The van der Waals surface area contributed by atoms with Crippen LogP contribution in [0.4, 0.5) is 11.5 Å². The molecule has 1 fully saturated rings. The van der Waals surface area contributed by atoms with Crippen molar-refractivity contribution in [3.63, 3.8) is 0 Å². The number of aromatic nitrogens is 1. The van der Waals surface area contributed by atoms with Crippen LogP contribution < -0.4 is 5.32 Å². The van der Waals surface area contributed by atoms with Gasteiger partial charge in [-0.3, -0.25) is 10.1 Å². The van der Waals surface area contributed by atoms with Crippen molar-refractivity contribution in [2.75, 3.05) is 32.2 Å². The van der Waals surface area contributed by atoms with Crippen molar-refractivity contribution >= 4 is 11.5 Å². The van der Waals surface area contributed by atoms with Crippen LogP contribution in [0.3, 0.4) is 0 Å². The summed E-state index contributed by atoms with van der Waals surface area (Å²) >= 11 is 0. The molecule has 1 aliphatic rings. The van der Waals surface area contributed by atoms with E-state index >= 15 is 0 Å². The first kappa shape index (κ1) is 14.2. The quantitative estimate of drug-likeness (QED) is 0.633. The Kier molecular flexibility index (Phi) is 4.12. The van der Waals surface area contributed by atoms with E-state index in [0.717, 1.165) is 0 Å². The number of nitrogens with zero attached hydrogens (tertiary/aromatic N) is 3. The minimum Gasteiger partial charge on any atom is -0.378 e. The van der Waals surface area contributed by atoms with Crippen molar-refractivity contribution in [2.45, 2.75) is 12.0 Å². The molecule has 2 rings (SSSR count). The van der Waals surface area contributed by atoms with E-state index in [0.29, 0.717) is 26.2 Å². The summed E-state index contributed by atoms with van der Waals surface area (Å²) in [5.74, 6) is 0.0670. The molecule has 1 aromatic rings. The van der Waals surface area contributed by atoms with Crippen molar-refractivity contribution in [1.29, 1.82) is 5.26 Å². The molecule has 1 N–H and O–H groups in total. The zero-order valence-electron chi connectivity index (χ0n) is 11.0. The number of rotatable bonds is 5. The molecule has 8 nitrogen and oxygen atoms in total. The first-order valence-electron chi connectivity index (χ1n) is 6.02. The van der Waals surface area contributed by atoms with Gasteiger partial charge in [0.25, 0.3) is 0 Å². The lowest BCUT2D eigenvalue weighted by Crippen LogP contribution is -2.39. The number of nitriles is 1.